The van der Waals surface area contributed by atoms with E-state index in [4.69, 9.17) is 27.5 Å². The fourth-order valence-electron chi connectivity index (χ4n) is 13.5. The number of allylic oxidation sites excluding steroid dienone is 1. The van der Waals surface area contributed by atoms with E-state index in [1.165, 1.54) is 82.2 Å². The molecule has 1 unspecified atom stereocenters. The summed E-state index contributed by atoms with van der Waals surface area (Å²) in [6, 6.07) is 35.9. The first-order valence-electron chi connectivity index (χ1n) is 30.3. The normalized spacial score (nSPS) is 24.8. The molecule has 3 aliphatic heterocycles. The maximum Gasteiger partial charge on any atom is 0.573 e. The number of alkyl halides is 3. The lowest BCUT2D eigenvalue weighted by molar-refractivity contribution is -0.274. The molecule has 2 aromatic heterocycles. The van der Waals surface area contributed by atoms with Crippen LogP contribution in [0.3, 0.4) is 0 Å². The molecule has 3 saturated carbocycles. The van der Waals surface area contributed by atoms with E-state index in [9.17, 15) is 27.6 Å². The van der Waals surface area contributed by atoms with Gasteiger partial charge in [0.25, 0.3) is 11.8 Å². The molecule has 88 heavy (non-hydrogen) atoms. The summed E-state index contributed by atoms with van der Waals surface area (Å²) in [5.74, 6) is 2.25. The lowest BCUT2D eigenvalue weighted by Crippen LogP contribution is -2.53. The molecule has 5 heterocycles. The summed E-state index contributed by atoms with van der Waals surface area (Å²) in [4.78, 5) is 62.9. The Morgan fingerprint density at radius 2 is 1.42 bits per heavy atom. The molecule has 0 radical (unpaired) electrons. The number of ether oxygens (including phenoxy) is 1. The van der Waals surface area contributed by atoms with Crippen LogP contribution in [-0.4, -0.2) is 94.4 Å². The maximum absolute atomic E-state index is 13.4. The molecule has 12 rings (SSSR count). The lowest BCUT2D eigenvalue weighted by Gasteiger charge is -2.39. The summed E-state index contributed by atoms with van der Waals surface area (Å²) >= 11 is 1.37. The first kappa shape index (κ1) is 62.5. The average Bonchev–Trinajstić information content (AvgIpc) is 1.90. The van der Waals surface area contributed by atoms with Crippen LogP contribution in [0.25, 0.3) is 33.0 Å². The molecular formula is C68H77F3N12O4S. The van der Waals surface area contributed by atoms with Crippen LogP contribution < -0.4 is 27.3 Å². The predicted octanol–water partition coefficient (Wildman–Crippen LogP) is 12.6. The number of carbonyl (C=O) groups excluding carboxylic acids is 3. The van der Waals surface area contributed by atoms with E-state index in [0.29, 0.717) is 41.0 Å². The van der Waals surface area contributed by atoms with Crippen molar-refractivity contribution in [1.29, 1.82) is 5.26 Å². The van der Waals surface area contributed by atoms with Gasteiger partial charge in [0.1, 0.15) is 22.6 Å². The predicted molar refractivity (Wildman–Crippen MR) is 341 cm³/mol. The van der Waals surface area contributed by atoms with Crippen molar-refractivity contribution in [3.63, 3.8) is 0 Å². The van der Waals surface area contributed by atoms with Crippen LogP contribution in [0.15, 0.2) is 148 Å². The minimum absolute atomic E-state index is 0.0598. The number of nitrogens with zero attached hydrogens (tertiary/aromatic N) is 8. The highest BCUT2D eigenvalue weighted by atomic mass is 32.1. The second-order valence-electron chi connectivity index (χ2n) is 24.4. The molecule has 16 nitrogen and oxygen atoms in total. The Hall–Kier alpha value is -8.57. The maximum atomic E-state index is 13.4. The van der Waals surface area contributed by atoms with Crippen LogP contribution >= 0.6 is 11.3 Å². The van der Waals surface area contributed by atoms with E-state index in [1.54, 1.807) is 44.3 Å². The molecule has 0 spiro atoms. The minimum atomic E-state index is -4.76. The minimum Gasteiger partial charge on any atom is -0.406 e. The topological polar surface area (TPSA) is 234 Å². The average molecular weight is 1220 g/mol. The molecular weight excluding hydrogens is 1140 g/mol. The van der Waals surface area contributed by atoms with Gasteiger partial charge in [0.05, 0.1) is 17.6 Å². The third kappa shape index (κ3) is 13.3. The molecule has 6 aromatic rings. The van der Waals surface area contributed by atoms with Gasteiger partial charge in [-0.25, -0.2) is 20.0 Å². The number of carbonyl (C=O) groups is 3. The third-order valence-electron chi connectivity index (χ3n) is 18.4. The van der Waals surface area contributed by atoms with Crippen LogP contribution in [-0.2, 0) is 25.5 Å². The number of nitriles is 1. The second-order valence-corrected chi connectivity index (χ2v) is 25.3. The second kappa shape index (κ2) is 26.0. The number of aromatic nitrogens is 1. The first-order valence-corrected chi connectivity index (χ1v) is 31.2. The Balaban J connectivity index is 0.000000148. The number of anilines is 1. The van der Waals surface area contributed by atoms with Crippen molar-refractivity contribution >= 4 is 63.5 Å². The molecule has 3 fully saturated rings. The highest BCUT2D eigenvalue weighted by Crippen LogP contribution is 2.52. The van der Waals surface area contributed by atoms with Crippen molar-refractivity contribution in [2.75, 3.05) is 26.5 Å². The van der Waals surface area contributed by atoms with Gasteiger partial charge in [-0.15, -0.1) is 31.1 Å². The number of nitrogens with two attached hydrogens (primary N) is 3. The number of halogens is 3. The van der Waals surface area contributed by atoms with Gasteiger partial charge < -0.3 is 27.3 Å². The Bertz CT molecular complexity index is 3710. The number of pyridine rings is 1. The van der Waals surface area contributed by atoms with Gasteiger partial charge >= 0.3 is 6.36 Å². The number of benzene rings is 4. The van der Waals surface area contributed by atoms with Gasteiger partial charge in [0.15, 0.2) is 23.4 Å². The van der Waals surface area contributed by atoms with Crippen molar-refractivity contribution in [2.45, 2.75) is 132 Å². The molecule has 6 aliphatic rings. The Morgan fingerprint density at radius 1 is 0.750 bits per heavy atom. The first-order chi connectivity index (χ1) is 42.1. The van der Waals surface area contributed by atoms with Gasteiger partial charge in [-0.1, -0.05) is 118 Å². The highest BCUT2D eigenvalue weighted by molar-refractivity contribution is 7.10. The van der Waals surface area contributed by atoms with E-state index in [2.05, 4.69) is 68.0 Å². The van der Waals surface area contributed by atoms with Crippen LogP contribution in [0, 0.1) is 35.0 Å². The smallest absolute Gasteiger partial charge is 0.406 e. The van der Waals surface area contributed by atoms with Crippen LogP contribution in [0.2, 0.25) is 0 Å². The standard InChI is InChI=1S/C28H39N5O.C20H20F3N3O2S.C20H18N4O/c1-33-26(34)28(32-27(33)29,16-14-20-8-3-2-4-9-20)19-21-10-7-12-23(18-21)31-25-24-13-6-5-11-22(24)15-17-30-25;1-4-6-15-17(27)26(3)18(24)25-19(15,2)16-10-13(11-29-16)12-7-5-8-14(9-12)28-20(21,22)23;1-24-18(25)20(16-8-9-16,23-19(24)22)17-7-3-6-15(11-17)14-5-2-4-13(10-14)12-21/h5-6,11,13,15,17,20-21,23H,2-4,7-10,12,14,16,18-19H2,1H3,(H2,29,32)(H,30,31);4-5,7-11,15H,1,6H2,2-3H3,(H2,24,25);2-7,10-11,16H,8-9H2,1H3,(H2,22,23)/t21-,23+,28+;15-,19-;/m00./s1. The van der Waals surface area contributed by atoms with Crippen molar-refractivity contribution in [3.05, 3.63) is 149 Å². The zero-order chi connectivity index (χ0) is 62.5. The van der Waals surface area contributed by atoms with E-state index >= 15 is 0 Å². The molecule has 7 N–H and O–H groups in total. The summed E-state index contributed by atoms with van der Waals surface area (Å²) in [5.41, 5.74) is 20.3. The Morgan fingerprint density at radius 3 is 2.10 bits per heavy atom. The monoisotopic (exact) mass is 1210 g/mol. The zero-order valence-electron chi connectivity index (χ0n) is 50.3. The quantitative estimate of drug-likeness (QED) is 0.0710. The van der Waals surface area contributed by atoms with E-state index in [-0.39, 0.29) is 41.3 Å². The van der Waals surface area contributed by atoms with Crippen molar-refractivity contribution < 1.29 is 32.3 Å². The van der Waals surface area contributed by atoms with Gasteiger partial charge in [0.2, 0.25) is 5.91 Å². The number of guanidine groups is 3. The molecule has 460 valence electrons. The third-order valence-corrected chi connectivity index (χ3v) is 19.6. The Labute approximate surface area is 516 Å². The van der Waals surface area contributed by atoms with Gasteiger partial charge in [-0.3, -0.25) is 29.1 Å². The number of hydrogen-bond donors (Lipinski definition) is 4. The summed E-state index contributed by atoms with van der Waals surface area (Å²) < 4.78 is 41.5. The number of fused-ring (bicyclic) bond motifs is 1. The molecule has 0 bridgehead atoms. The molecule has 3 aliphatic carbocycles. The van der Waals surface area contributed by atoms with E-state index in [1.807, 2.05) is 67.0 Å². The van der Waals surface area contributed by atoms with Crippen LogP contribution in [0.4, 0.5) is 19.0 Å². The van der Waals surface area contributed by atoms with Crippen molar-refractivity contribution in [1.82, 2.24) is 19.7 Å². The number of rotatable bonds is 15. The number of hydrogen-bond acceptors (Lipinski definition) is 14. The summed E-state index contributed by atoms with van der Waals surface area (Å²) in [6.45, 7) is 5.56. The van der Waals surface area contributed by atoms with Crippen molar-refractivity contribution in [3.8, 4) is 34.1 Å². The SMILES string of the molecule is C=CC[C@H]1C(=O)N(C)C(N)=N[C@]1(C)c1cc(-c2cccc(OC(F)(F)F)c2)cs1.CN1C(=O)C(c2cccc(-c3cccc(C#N)c3)c2)(C2CC2)N=C1N.CN1C(=O)[C@@](CCC2CCCCC2)(C[C@H]2CCC[C@@H](Nc3nccc4ccccc34)C2)N=C1N. The van der Waals surface area contributed by atoms with Gasteiger partial charge in [-0.05, 0) is 157 Å². The summed E-state index contributed by atoms with van der Waals surface area (Å²) in [5, 5.41) is 17.0. The van der Waals surface area contributed by atoms with E-state index in [0.717, 1.165) is 91.1 Å². The fraction of sp³-hybridized carbons (Fsp3) is 0.412. The Kier molecular flexibility index (Phi) is 18.5. The van der Waals surface area contributed by atoms with E-state index < -0.39 is 28.9 Å². The van der Waals surface area contributed by atoms with Gasteiger partial charge in [-0.2, -0.15) is 5.26 Å². The lowest BCUT2D eigenvalue weighted by atomic mass is 9.74. The molecule has 20 heteroatoms. The number of amides is 3. The summed E-state index contributed by atoms with van der Waals surface area (Å²) in [6.07, 6.45) is 15.0. The molecule has 3 amide bonds. The molecule has 6 atom stereocenters. The van der Waals surface area contributed by atoms with Crippen LogP contribution in [0.5, 0.6) is 5.75 Å². The van der Waals surface area contributed by atoms with Crippen LogP contribution in [0.1, 0.15) is 119 Å². The highest BCUT2D eigenvalue weighted by Gasteiger charge is 2.57. The number of thiophene rings is 1. The largest absolute Gasteiger partial charge is 0.573 e. The number of aliphatic imine (C=N–C) groups is 3. The molecule has 0 saturated heterocycles. The zero-order valence-corrected chi connectivity index (χ0v) is 51.1. The van der Waals surface area contributed by atoms with Crippen molar-refractivity contribution in [2.24, 2.45) is 55.8 Å². The number of nitrogens with one attached hydrogen (secondary N) is 1. The number of likely N-dealkylation sites (N-methyl/N-ethyl adjacent to an activating group) is 2. The molecule has 4 aromatic carbocycles. The summed E-state index contributed by atoms with van der Waals surface area (Å²) in [7, 11) is 5.02. The fourth-order valence-corrected chi connectivity index (χ4v) is 14.6. The van der Waals surface area contributed by atoms with Gasteiger partial charge in [0, 0.05) is 43.6 Å².